The van der Waals surface area contributed by atoms with Crippen LogP contribution in [-0.2, 0) is 0 Å². The summed E-state index contributed by atoms with van der Waals surface area (Å²) in [6, 6.07) is 0. The first-order chi connectivity index (χ1) is 13.6. The predicted octanol–water partition coefficient (Wildman–Crippen LogP) is 2.80. The molecule has 0 saturated carbocycles. The maximum Gasteiger partial charge on any atom is 0.0914 e. The van der Waals surface area contributed by atoms with Gasteiger partial charge in [0.15, 0.2) is 0 Å². The van der Waals surface area contributed by atoms with Crippen molar-refractivity contribution >= 4 is 0 Å². The number of halogens is 1. The third kappa shape index (κ3) is 16.7. The Morgan fingerprint density at radius 3 is 1.28 bits per heavy atom. The second-order valence-corrected chi connectivity index (χ2v) is 9.99. The molecule has 0 aromatic heterocycles. The van der Waals surface area contributed by atoms with Crippen molar-refractivity contribution in [2.75, 3.05) is 67.0 Å². The van der Waals surface area contributed by atoms with Crippen molar-refractivity contribution in [3.05, 3.63) is 0 Å². The van der Waals surface area contributed by atoms with Crippen LogP contribution in [0.1, 0.15) is 96.8 Å². The normalized spacial score (nSPS) is 18.6. The summed E-state index contributed by atoms with van der Waals surface area (Å²) in [6.07, 6.45) is 20.4. The zero-order valence-electron chi connectivity index (χ0n) is 20.6. The van der Waals surface area contributed by atoms with Gasteiger partial charge in [-0.2, -0.15) is 0 Å². The van der Waals surface area contributed by atoms with E-state index in [-0.39, 0.29) is 17.0 Å². The zero-order chi connectivity index (χ0) is 20.5. The Bertz CT molecular complexity index is 337. The van der Waals surface area contributed by atoms with Crippen LogP contribution in [0.3, 0.4) is 0 Å². The lowest BCUT2D eigenvalue weighted by molar-refractivity contribution is -0.908. The molecule has 0 amide bonds. The highest BCUT2D eigenvalue weighted by atomic mass is 79.9. The number of hydrogen-bond acceptors (Lipinski definition) is 2. The largest absolute Gasteiger partial charge is 1.00 e. The fraction of sp³-hybridized carbons (Fsp3) is 1.00. The van der Waals surface area contributed by atoms with E-state index in [1.54, 1.807) is 0 Å². The van der Waals surface area contributed by atoms with Crippen LogP contribution in [-0.4, -0.2) is 81.2 Å². The van der Waals surface area contributed by atoms with Crippen molar-refractivity contribution in [3.63, 3.8) is 0 Å². The first-order valence-corrected chi connectivity index (χ1v) is 12.8. The van der Waals surface area contributed by atoms with Crippen molar-refractivity contribution in [1.29, 1.82) is 0 Å². The first kappa shape index (κ1) is 29.4. The summed E-state index contributed by atoms with van der Waals surface area (Å²) in [4.78, 5) is 5.03. The molecule has 0 aromatic rings. The van der Waals surface area contributed by atoms with Gasteiger partial charge in [-0.1, -0.05) is 84.0 Å². The lowest BCUT2D eigenvalue weighted by Gasteiger charge is -2.35. The molecular formula is C25H54BrN3. The summed E-state index contributed by atoms with van der Waals surface area (Å²) in [5, 5.41) is 0. The molecule has 0 atom stereocenters. The van der Waals surface area contributed by atoms with E-state index in [2.05, 4.69) is 37.9 Å². The van der Waals surface area contributed by atoms with Crippen molar-refractivity contribution in [1.82, 2.24) is 9.80 Å². The van der Waals surface area contributed by atoms with Crippen LogP contribution in [0.4, 0.5) is 0 Å². The summed E-state index contributed by atoms with van der Waals surface area (Å²) < 4.78 is 1.27. The molecule has 1 rings (SSSR count). The molecule has 1 heterocycles. The summed E-state index contributed by atoms with van der Waals surface area (Å²) in [7, 11) is 7.07. The van der Waals surface area contributed by atoms with E-state index in [9.17, 15) is 0 Å². The minimum atomic E-state index is 0. The molecule has 0 unspecified atom stereocenters. The monoisotopic (exact) mass is 475 g/mol. The van der Waals surface area contributed by atoms with Crippen LogP contribution in [0.25, 0.3) is 0 Å². The third-order valence-corrected chi connectivity index (χ3v) is 6.96. The van der Waals surface area contributed by atoms with Crippen LogP contribution >= 0.6 is 0 Å². The lowest BCUT2D eigenvalue weighted by Crippen LogP contribution is -3.00. The van der Waals surface area contributed by atoms with Gasteiger partial charge in [-0.05, 0) is 26.9 Å². The van der Waals surface area contributed by atoms with Crippen molar-refractivity contribution in [2.45, 2.75) is 96.8 Å². The first-order valence-electron chi connectivity index (χ1n) is 12.8. The van der Waals surface area contributed by atoms with Gasteiger partial charge in [-0.15, -0.1) is 0 Å². The van der Waals surface area contributed by atoms with Gasteiger partial charge in [0.2, 0.25) is 0 Å². The molecule has 0 N–H and O–H groups in total. The molecule has 0 spiro atoms. The van der Waals surface area contributed by atoms with Gasteiger partial charge >= 0.3 is 0 Å². The Morgan fingerprint density at radius 1 is 0.552 bits per heavy atom. The highest BCUT2D eigenvalue weighted by Gasteiger charge is 2.23. The minimum Gasteiger partial charge on any atom is -1.00 e. The van der Waals surface area contributed by atoms with E-state index in [0.717, 1.165) is 0 Å². The SMILES string of the molecule is CCCCCCCCCCCCCCCC[N+]1(C)CCN(C)CCN(C)CC1.[Br-]. The maximum absolute atomic E-state index is 2.52. The van der Waals surface area contributed by atoms with Gasteiger partial charge in [-0.3, -0.25) is 9.80 Å². The number of likely N-dealkylation sites (N-methyl/N-ethyl adjacent to an activating group) is 3. The van der Waals surface area contributed by atoms with E-state index in [0.29, 0.717) is 0 Å². The Kier molecular flexibility index (Phi) is 19.3. The molecule has 0 bridgehead atoms. The zero-order valence-corrected chi connectivity index (χ0v) is 22.2. The number of nitrogens with zero attached hydrogens (tertiary/aromatic N) is 3. The van der Waals surface area contributed by atoms with E-state index in [1.165, 1.54) is 140 Å². The maximum atomic E-state index is 2.52. The van der Waals surface area contributed by atoms with Crippen LogP contribution in [0.15, 0.2) is 0 Å². The molecule has 0 aromatic carbocycles. The summed E-state index contributed by atoms with van der Waals surface area (Å²) in [5.41, 5.74) is 0. The Morgan fingerprint density at radius 2 is 0.897 bits per heavy atom. The minimum absolute atomic E-state index is 0. The Balaban J connectivity index is 0.00000784. The molecule has 4 heteroatoms. The molecule has 1 saturated heterocycles. The van der Waals surface area contributed by atoms with Gasteiger partial charge in [0.1, 0.15) is 0 Å². The Hall–Kier alpha value is 0.360. The average Bonchev–Trinajstić information content (AvgIpc) is 2.75. The second kappa shape index (κ2) is 19.1. The van der Waals surface area contributed by atoms with E-state index < -0.39 is 0 Å². The van der Waals surface area contributed by atoms with Crippen LogP contribution < -0.4 is 17.0 Å². The number of unbranched alkanes of at least 4 members (excludes halogenated alkanes) is 13. The van der Waals surface area contributed by atoms with E-state index in [4.69, 9.17) is 0 Å². The van der Waals surface area contributed by atoms with Gasteiger partial charge in [0.25, 0.3) is 0 Å². The van der Waals surface area contributed by atoms with Gasteiger partial charge in [0, 0.05) is 26.2 Å². The molecule has 0 aliphatic carbocycles. The molecule has 3 nitrogen and oxygen atoms in total. The van der Waals surface area contributed by atoms with Crippen LogP contribution in [0.5, 0.6) is 0 Å². The lowest BCUT2D eigenvalue weighted by atomic mass is 10.0. The molecule has 176 valence electrons. The van der Waals surface area contributed by atoms with Gasteiger partial charge in [0.05, 0.1) is 26.7 Å². The predicted molar refractivity (Wildman–Crippen MR) is 126 cm³/mol. The molecule has 29 heavy (non-hydrogen) atoms. The molecule has 1 fully saturated rings. The Labute approximate surface area is 194 Å². The van der Waals surface area contributed by atoms with E-state index >= 15 is 0 Å². The highest BCUT2D eigenvalue weighted by Crippen LogP contribution is 2.14. The molecule has 0 radical (unpaired) electrons. The molecule has 1 aliphatic rings. The highest BCUT2D eigenvalue weighted by molar-refractivity contribution is 4.61. The average molecular weight is 477 g/mol. The number of quaternary nitrogens is 1. The van der Waals surface area contributed by atoms with Gasteiger partial charge in [-0.25, -0.2) is 0 Å². The quantitative estimate of drug-likeness (QED) is 0.265. The molecule has 1 aliphatic heterocycles. The van der Waals surface area contributed by atoms with Crippen molar-refractivity contribution in [3.8, 4) is 0 Å². The number of hydrogen-bond donors (Lipinski definition) is 0. The summed E-state index contributed by atoms with van der Waals surface area (Å²) in [6.45, 7) is 11.3. The van der Waals surface area contributed by atoms with Crippen molar-refractivity contribution < 1.29 is 21.5 Å². The van der Waals surface area contributed by atoms with E-state index in [1.807, 2.05) is 0 Å². The second-order valence-electron chi connectivity index (χ2n) is 9.99. The van der Waals surface area contributed by atoms with Crippen LogP contribution in [0.2, 0.25) is 0 Å². The topological polar surface area (TPSA) is 6.48 Å². The van der Waals surface area contributed by atoms with Crippen LogP contribution in [0, 0.1) is 0 Å². The van der Waals surface area contributed by atoms with Gasteiger partial charge < -0.3 is 21.5 Å². The number of rotatable bonds is 15. The summed E-state index contributed by atoms with van der Waals surface area (Å²) in [5.74, 6) is 0. The smallest absolute Gasteiger partial charge is 0.0914 e. The fourth-order valence-electron chi connectivity index (χ4n) is 4.41. The third-order valence-electron chi connectivity index (χ3n) is 6.96. The fourth-order valence-corrected chi connectivity index (χ4v) is 4.41. The van der Waals surface area contributed by atoms with Crippen molar-refractivity contribution in [2.24, 2.45) is 0 Å². The standard InChI is InChI=1S/C25H54N3.BrH/c1-5-6-7-8-9-10-11-12-13-14-15-16-17-18-23-28(4)24-21-26(2)19-20-27(3)22-25-28;/h5-25H2,1-4H3;1H/q+1;/p-1. The molecular weight excluding hydrogens is 422 g/mol. The summed E-state index contributed by atoms with van der Waals surface area (Å²) >= 11 is 0.